The van der Waals surface area contributed by atoms with Crippen LogP contribution < -0.4 is 10.6 Å². The van der Waals surface area contributed by atoms with Gasteiger partial charge in [0.25, 0.3) is 0 Å². The Hall–Kier alpha value is -1.70. The average Bonchev–Trinajstić information content (AvgIpc) is 2.58. The third-order valence-corrected chi connectivity index (χ3v) is 5.58. The lowest BCUT2D eigenvalue weighted by Crippen LogP contribution is -2.19. The van der Waals surface area contributed by atoms with E-state index in [-0.39, 0.29) is 10.3 Å². The fourth-order valence-corrected chi connectivity index (χ4v) is 4.04. The number of hydrogen-bond donors (Lipinski definition) is 2. The maximum absolute atomic E-state index is 12.3. The lowest BCUT2D eigenvalue weighted by atomic mass is 10.3. The summed E-state index contributed by atoms with van der Waals surface area (Å²) in [6.07, 6.45) is 3.02. The molecule has 0 aliphatic rings. The normalized spacial score (nSPS) is 10.5. The first-order valence-electron chi connectivity index (χ1n) is 7.39. The van der Waals surface area contributed by atoms with Crippen molar-refractivity contribution in [1.29, 1.82) is 0 Å². The van der Waals surface area contributed by atoms with Crippen molar-refractivity contribution in [3.05, 3.63) is 69.1 Å². The fourth-order valence-electron chi connectivity index (χ4n) is 2.09. The summed E-state index contributed by atoms with van der Waals surface area (Å²) < 4.78 is 0. The van der Waals surface area contributed by atoms with E-state index >= 15 is 0 Å². The van der Waals surface area contributed by atoms with Crippen LogP contribution in [-0.4, -0.2) is 16.0 Å². The summed E-state index contributed by atoms with van der Waals surface area (Å²) in [4.78, 5) is 21.5. The van der Waals surface area contributed by atoms with Crippen LogP contribution >= 0.6 is 58.2 Å². The van der Waals surface area contributed by atoms with Gasteiger partial charge in [-0.2, -0.15) is 0 Å². The van der Waals surface area contributed by atoms with Gasteiger partial charge in [0.15, 0.2) is 0 Å². The number of rotatable bonds is 4. The van der Waals surface area contributed by atoms with Gasteiger partial charge < -0.3 is 10.6 Å². The summed E-state index contributed by atoms with van der Waals surface area (Å²) in [6.45, 7) is 0. The van der Waals surface area contributed by atoms with Crippen LogP contribution in [0.5, 0.6) is 0 Å². The Morgan fingerprint density at radius 3 is 2.22 bits per heavy atom. The first-order valence-corrected chi connectivity index (χ1v) is 9.72. The molecule has 5 nitrogen and oxygen atoms in total. The van der Waals surface area contributed by atoms with E-state index < -0.39 is 6.03 Å². The van der Waals surface area contributed by atoms with Crippen molar-refractivity contribution >= 4 is 75.6 Å². The highest BCUT2D eigenvalue weighted by Gasteiger charge is 2.13. The molecule has 0 atom stereocenters. The maximum Gasteiger partial charge on any atom is 0.323 e. The number of anilines is 2. The van der Waals surface area contributed by atoms with Crippen LogP contribution in [0.3, 0.4) is 0 Å². The molecule has 2 aromatic heterocycles. The van der Waals surface area contributed by atoms with E-state index in [0.29, 0.717) is 26.3 Å². The number of halogens is 4. The van der Waals surface area contributed by atoms with Crippen LogP contribution in [0.1, 0.15) is 0 Å². The number of nitrogens with one attached hydrogen (secondary N) is 2. The Balaban J connectivity index is 1.78. The van der Waals surface area contributed by atoms with E-state index in [1.807, 2.05) is 12.1 Å². The van der Waals surface area contributed by atoms with Crippen molar-refractivity contribution in [2.75, 3.05) is 10.6 Å². The number of carbonyl (C=O) groups is 1. The minimum Gasteiger partial charge on any atom is -0.307 e. The summed E-state index contributed by atoms with van der Waals surface area (Å²) in [6, 6.07) is 9.76. The van der Waals surface area contributed by atoms with Crippen molar-refractivity contribution in [2.45, 2.75) is 9.79 Å². The van der Waals surface area contributed by atoms with E-state index in [2.05, 4.69) is 20.6 Å². The van der Waals surface area contributed by atoms with Crippen LogP contribution in [0.25, 0.3) is 0 Å². The molecule has 0 aliphatic carbocycles. The largest absolute Gasteiger partial charge is 0.323 e. The van der Waals surface area contributed by atoms with Gasteiger partial charge in [-0.3, -0.25) is 4.98 Å². The molecule has 0 aliphatic heterocycles. The van der Waals surface area contributed by atoms with Gasteiger partial charge in [-0.15, -0.1) is 0 Å². The van der Waals surface area contributed by atoms with Crippen molar-refractivity contribution in [1.82, 2.24) is 9.97 Å². The van der Waals surface area contributed by atoms with Gasteiger partial charge in [-0.1, -0.05) is 70.3 Å². The molecule has 3 rings (SSSR count). The highest BCUT2D eigenvalue weighted by atomic mass is 35.5. The average molecular weight is 460 g/mol. The number of carbonyl (C=O) groups excluding carboxylic acids is 1. The van der Waals surface area contributed by atoms with Gasteiger partial charge in [-0.25, -0.2) is 9.78 Å². The van der Waals surface area contributed by atoms with Crippen LogP contribution in [0, 0.1) is 0 Å². The molecule has 2 amide bonds. The number of para-hydroxylation sites is 1. The zero-order chi connectivity index (χ0) is 19.4. The quantitative estimate of drug-likeness (QED) is 0.417. The third-order valence-electron chi connectivity index (χ3n) is 3.18. The van der Waals surface area contributed by atoms with Gasteiger partial charge in [0.2, 0.25) is 0 Å². The molecule has 138 valence electrons. The van der Waals surface area contributed by atoms with Gasteiger partial charge in [-0.05, 0) is 24.3 Å². The van der Waals surface area contributed by atoms with E-state index in [1.165, 1.54) is 36.3 Å². The number of benzene rings is 1. The Morgan fingerprint density at radius 1 is 0.926 bits per heavy atom. The number of nitrogens with zero attached hydrogens (tertiary/aromatic N) is 2. The second kappa shape index (κ2) is 8.99. The van der Waals surface area contributed by atoms with Gasteiger partial charge in [0.05, 0.1) is 20.6 Å². The molecule has 0 bridgehead atoms. The molecule has 27 heavy (non-hydrogen) atoms. The Kier molecular flexibility index (Phi) is 6.68. The summed E-state index contributed by atoms with van der Waals surface area (Å²) in [5.74, 6) is 0. The highest BCUT2D eigenvalue weighted by Crippen LogP contribution is 2.40. The number of pyridine rings is 2. The Labute approximate surface area is 179 Å². The van der Waals surface area contributed by atoms with Crippen LogP contribution in [0.2, 0.25) is 20.4 Å². The van der Waals surface area contributed by atoms with Crippen molar-refractivity contribution in [3.8, 4) is 0 Å². The minimum atomic E-state index is -0.465. The molecule has 0 saturated heterocycles. The van der Waals surface area contributed by atoms with E-state index in [4.69, 9.17) is 46.4 Å². The maximum atomic E-state index is 12.3. The van der Waals surface area contributed by atoms with Gasteiger partial charge >= 0.3 is 6.03 Å². The first kappa shape index (κ1) is 20.0. The second-order valence-electron chi connectivity index (χ2n) is 5.11. The third kappa shape index (κ3) is 5.40. The minimum absolute atomic E-state index is 0.177. The molecule has 0 radical (unpaired) electrons. The molecule has 0 unspecified atom stereocenters. The van der Waals surface area contributed by atoms with Crippen LogP contribution in [0.15, 0.2) is 58.6 Å². The SMILES string of the molecule is O=C(Nc1cc(Cl)nc(Cl)c1)Nc1ccccc1Sc1c(Cl)cncc1Cl. The summed E-state index contributed by atoms with van der Waals surface area (Å²) in [7, 11) is 0. The zero-order valence-electron chi connectivity index (χ0n) is 13.3. The lowest BCUT2D eigenvalue weighted by molar-refractivity contribution is 0.262. The van der Waals surface area contributed by atoms with Crippen LogP contribution in [-0.2, 0) is 0 Å². The van der Waals surface area contributed by atoms with Crippen molar-refractivity contribution < 1.29 is 4.79 Å². The fraction of sp³-hybridized carbons (Fsp3) is 0. The summed E-state index contributed by atoms with van der Waals surface area (Å²) >= 11 is 25.4. The molecule has 2 N–H and O–H groups in total. The lowest BCUT2D eigenvalue weighted by Gasteiger charge is -2.13. The molecule has 3 aromatic rings. The second-order valence-corrected chi connectivity index (χ2v) is 7.75. The molecular weight excluding hydrogens is 450 g/mol. The molecule has 0 saturated carbocycles. The van der Waals surface area contributed by atoms with E-state index in [1.54, 1.807) is 12.1 Å². The zero-order valence-corrected chi connectivity index (χ0v) is 17.2. The highest BCUT2D eigenvalue weighted by molar-refractivity contribution is 7.99. The topological polar surface area (TPSA) is 66.9 Å². The van der Waals surface area contributed by atoms with Crippen molar-refractivity contribution in [3.63, 3.8) is 0 Å². The Morgan fingerprint density at radius 2 is 1.56 bits per heavy atom. The van der Waals surface area contributed by atoms with Gasteiger partial charge in [0, 0.05) is 23.0 Å². The molecule has 2 heterocycles. The number of urea groups is 1. The molecule has 1 aromatic carbocycles. The summed E-state index contributed by atoms with van der Waals surface area (Å²) in [5, 5.41) is 6.63. The number of hydrogen-bond acceptors (Lipinski definition) is 4. The van der Waals surface area contributed by atoms with E-state index in [0.717, 1.165) is 4.90 Å². The van der Waals surface area contributed by atoms with E-state index in [9.17, 15) is 4.79 Å². The molecule has 10 heteroatoms. The smallest absolute Gasteiger partial charge is 0.307 e. The molecule has 0 spiro atoms. The molecule has 0 fully saturated rings. The monoisotopic (exact) mass is 458 g/mol. The standard InChI is InChI=1S/C17H10Cl4N4OS/c18-10-7-22-8-11(19)16(10)27-13-4-2-1-3-12(13)24-17(26)23-9-5-14(20)25-15(21)6-9/h1-8H,(H2,23,24,25,26). The predicted octanol–water partition coefficient (Wildman–Crippen LogP) is 6.89. The van der Waals surface area contributed by atoms with Crippen LogP contribution in [0.4, 0.5) is 16.2 Å². The van der Waals surface area contributed by atoms with Gasteiger partial charge in [0.1, 0.15) is 10.3 Å². The number of aromatic nitrogens is 2. The first-order chi connectivity index (χ1) is 12.9. The summed E-state index contributed by atoms with van der Waals surface area (Å²) in [5.41, 5.74) is 0.998. The van der Waals surface area contributed by atoms with Crippen molar-refractivity contribution in [2.24, 2.45) is 0 Å². The Bertz CT molecular complexity index is 962. The number of amides is 2. The predicted molar refractivity (Wildman–Crippen MR) is 112 cm³/mol. The molecular formula is C17H10Cl4N4OS.